The van der Waals surface area contributed by atoms with Crippen molar-refractivity contribution in [3.63, 3.8) is 0 Å². The molecular weight excluding hydrogens is 1390 g/mol. The SMILES string of the molecule is CCN(CC)C(=O)c1ccc(-c2cccc3c2C=CC2(CCCN(C(=O)OC(C)(C)C)CC2)C3)cn1.CCN(CC)C(=O)c1ccc(-c2cccc3c2C=CC2(CCCNCC2)C3)cn1.[B]B([B])B(B([B])[B])B(B(B([B])[B])B([B])[B])B(B(B([B])[B])B([B])[B])B(B(B(B([B])[B])B([B])[B])B(B([B])[B])B([B])[B])B(B(B([B])[B])B([B])[B])B(B([B])[B])B([B])[B]. The Labute approximate surface area is 765 Å². The summed E-state index contributed by atoms with van der Waals surface area (Å²) < 4.78 is 5.62. The third-order valence-corrected chi connectivity index (χ3v) is 24.9. The molecule has 2 spiro atoms. The van der Waals surface area contributed by atoms with Gasteiger partial charge in [-0.05, 0) is 169 Å². The van der Waals surface area contributed by atoms with E-state index in [0.29, 0.717) is 49.5 Å². The van der Waals surface area contributed by atoms with E-state index < -0.39 is 172 Å². The molecule has 1 N–H and O–H groups in total. The molecule has 4 heterocycles. The van der Waals surface area contributed by atoms with Crippen LogP contribution in [0.3, 0.4) is 0 Å². The third-order valence-electron chi connectivity index (χ3n) is 24.9. The van der Waals surface area contributed by atoms with Crippen molar-refractivity contribution in [3.8, 4) is 22.3 Å². The molecule has 2 atom stereocenters. The van der Waals surface area contributed by atoms with Crippen LogP contribution >= 0.6 is 0 Å². The lowest BCUT2D eigenvalue weighted by Crippen LogP contribution is -2.96. The van der Waals surface area contributed by atoms with Gasteiger partial charge in [-0.2, -0.15) is 0 Å². The first-order valence-corrected chi connectivity index (χ1v) is 41.8. The number of carbonyl (C=O) groups is 3. The average molecular weight is 1460 g/mol. The smallest absolute Gasteiger partial charge is 0.410 e. The number of allylic oxidation sites excluding steroid dienone is 2. The van der Waals surface area contributed by atoms with Crippen molar-refractivity contribution >= 4 is 413 Å². The number of hydrogen-bond acceptors (Lipinski definition) is 7. The van der Waals surface area contributed by atoms with Crippen LogP contribution < -0.4 is 5.32 Å². The van der Waals surface area contributed by atoms with E-state index in [2.05, 4.69) is 76.0 Å². The van der Waals surface area contributed by atoms with E-state index in [-0.39, 0.29) is 23.3 Å². The van der Waals surface area contributed by atoms with Gasteiger partial charge in [0, 0.05) is 445 Å². The van der Waals surface area contributed by atoms with Crippen LogP contribution in [0.2, 0.25) is 0 Å². The molecule has 0 bridgehead atoms. The fraction of sp³-hybridized carbons (Fsp3) is 0.473. The predicted molar refractivity (Wildman–Crippen MR) is 573 cm³/mol. The quantitative estimate of drug-likeness (QED) is 0.0473. The number of nitrogens with zero attached hydrogens (tertiary/aromatic N) is 5. The van der Waals surface area contributed by atoms with Gasteiger partial charge in [0.2, 0.25) is 0 Å². The second-order valence-corrected chi connectivity index (χ2v) is 34.3. The van der Waals surface area contributed by atoms with Gasteiger partial charge < -0.3 is 24.8 Å². The molecule has 4 aromatic rings. The van der Waals surface area contributed by atoms with E-state index in [9.17, 15) is 14.4 Å². The topological polar surface area (TPSA) is 108 Å². The Hall–Kier alpha value is -2.10. The first-order valence-electron chi connectivity index (χ1n) is 41.8. The van der Waals surface area contributed by atoms with Crippen LogP contribution in [0.5, 0.6) is 0 Å². The Balaban J connectivity index is 0.000000291. The monoisotopic (exact) mass is 1470 g/mol. The number of ether oxygens (including phenoxy) is 1. The minimum absolute atomic E-state index is 0.000418. The molecule has 2 aromatic carbocycles. The molecule has 0 saturated carbocycles. The highest BCUT2D eigenvalue weighted by atomic mass is 16.6. The fourth-order valence-electron chi connectivity index (χ4n) is 19.3. The van der Waals surface area contributed by atoms with Crippen molar-refractivity contribution in [1.29, 1.82) is 0 Å². The number of aromatic nitrogens is 2. The van der Waals surface area contributed by atoms with Crippen molar-refractivity contribution in [2.24, 2.45) is 10.8 Å². The number of rotatable bonds is 33. The minimum Gasteiger partial charge on any atom is -0.444 e. The van der Waals surface area contributed by atoms with Gasteiger partial charge in [-0.1, -0.05) is 72.8 Å². The zero-order valence-electron chi connectivity index (χ0n) is 71.1. The molecule has 2 fully saturated rings. The van der Waals surface area contributed by atoms with Gasteiger partial charge in [-0.3, -0.25) is 19.6 Å². The van der Waals surface area contributed by atoms with Crippen LogP contribution in [0.15, 0.2) is 85.2 Å². The van der Waals surface area contributed by atoms with Gasteiger partial charge in [-0.25, -0.2) is 4.79 Å². The number of fused-ring (bicyclic) bond motifs is 2. The zero-order chi connectivity index (χ0) is 89.2. The van der Waals surface area contributed by atoms with Crippen LogP contribution in [0.1, 0.15) is 130 Å². The van der Waals surface area contributed by atoms with Gasteiger partial charge in [-0.15, -0.1) is 0 Å². The maximum atomic E-state index is 12.6. The number of amides is 3. The Bertz CT molecular complexity index is 3700. The van der Waals surface area contributed by atoms with E-state index >= 15 is 0 Å². The summed E-state index contributed by atoms with van der Waals surface area (Å²) in [5.41, 5.74) is 10.6. The average Bonchev–Trinajstić information content (AvgIpc) is 1.71. The number of likely N-dealkylation sites (tertiary alicyclic amines) is 1. The lowest BCUT2D eigenvalue weighted by molar-refractivity contribution is 0.0252. The second-order valence-electron chi connectivity index (χ2n) is 34.3. The van der Waals surface area contributed by atoms with Crippen LogP contribution in [0.25, 0.3) is 34.4 Å². The van der Waals surface area contributed by atoms with E-state index in [1.54, 1.807) is 9.80 Å². The summed E-state index contributed by atoms with van der Waals surface area (Å²) in [5, 5.41) is 3.54. The molecule has 2 aliphatic carbocycles. The fourth-order valence-corrected chi connectivity index (χ4v) is 19.3. The molecule has 2 saturated heterocycles. The standard InChI is InChI=1S/C30H39N3O3.C25H31N3O.B54/c1-6-32(7-2)27(34)26-13-12-23(21-31-26)24-11-8-10-22-20-30(16-14-25(22)24)15-9-18-33(19-17-30)28(35)36-29(3,4)5;1-3-28(4-2)24(29)23-10-9-20(18-27-23)21-8-5-7-19-17-25(13-11-22(19)21)12-6-15-26-16-14-25;1-29(2)43(30(3)4)50(44(31(5)6)32(7)8)53(49(41(25)26)42(27)28)54(51(45(33(9)10)34(11)12)46(35(13)14)36(15)16)52(47(37(17)18)38(19)20)48(39(21)22)40(23)24/h8,10-14,16,21H,6-7,9,15,17-20H2,1-5H3;5,7-11,13,18,26H,3-4,6,12,14-17H2,1-2H3;. The van der Waals surface area contributed by atoms with Crippen molar-refractivity contribution < 1.29 is 19.1 Å². The summed E-state index contributed by atoms with van der Waals surface area (Å²) in [7, 11) is 182. The van der Waals surface area contributed by atoms with Gasteiger partial charge >= 0.3 is 6.09 Å². The van der Waals surface area contributed by atoms with Crippen LogP contribution in [-0.4, -0.2) is 483 Å². The molecular formula is C55H70B54N6O4. The molecule has 56 radical (unpaired) electrons. The van der Waals surface area contributed by atoms with E-state index in [0.717, 1.165) is 68.4 Å². The summed E-state index contributed by atoms with van der Waals surface area (Å²) in [5.74, 6) is -0.0299. The number of nitrogens with one attached hydrogen (secondary N) is 1. The van der Waals surface area contributed by atoms with E-state index in [1.165, 1.54) is 47.1 Å². The maximum Gasteiger partial charge on any atom is 0.410 e. The molecule has 4 aliphatic rings. The van der Waals surface area contributed by atoms with Gasteiger partial charge in [0.25, 0.3) is 11.8 Å². The lowest BCUT2D eigenvalue weighted by atomic mass is 8.24. The Morgan fingerprint density at radius 2 is 0.697 bits per heavy atom. The Morgan fingerprint density at radius 1 is 0.395 bits per heavy atom. The molecule has 2 aliphatic heterocycles. The predicted octanol–water partition coefficient (Wildman–Crippen LogP) is -9.80. The lowest BCUT2D eigenvalue weighted by Gasteiger charge is -2.58. The van der Waals surface area contributed by atoms with Crippen molar-refractivity contribution in [2.75, 3.05) is 52.4 Å². The molecule has 3 amide bonds. The van der Waals surface area contributed by atoms with Gasteiger partial charge in [0.15, 0.2) is 0 Å². The number of pyridine rings is 2. The summed E-state index contributed by atoms with van der Waals surface area (Å²) in [6, 6.07) is 20.8. The molecule has 2 unspecified atom stereocenters. The molecule has 119 heavy (non-hydrogen) atoms. The summed E-state index contributed by atoms with van der Waals surface area (Å²) in [4.78, 5) is 52.3. The highest BCUT2D eigenvalue weighted by molar-refractivity contribution is 8.36. The largest absolute Gasteiger partial charge is 0.444 e. The van der Waals surface area contributed by atoms with Crippen LogP contribution in [0.4, 0.5) is 4.79 Å². The van der Waals surface area contributed by atoms with Gasteiger partial charge in [0.1, 0.15) is 17.0 Å². The molecule has 8 rings (SSSR count). The van der Waals surface area contributed by atoms with Crippen LogP contribution in [0, 0.1) is 10.8 Å². The zero-order valence-corrected chi connectivity index (χ0v) is 71.1. The molecule has 64 heteroatoms. The number of carbonyl (C=O) groups excluding carboxylic acids is 3. The van der Waals surface area contributed by atoms with E-state index in [1.807, 2.05) is 90.0 Å². The first kappa shape index (κ1) is 106. The molecule has 2 aromatic heterocycles. The van der Waals surface area contributed by atoms with Gasteiger partial charge in [0.05, 0.1) is 0 Å². The molecule has 506 valence electrons. The number of hydrogen-bond donors (Lipinski definition) is 1. The molecule has 10 nitrogen and oxygen atoms in total. The second kappa shape index (κ2) is 48.3. The highest BCUT2D eigenvalue weighted by Crippen LogP contribution is 2.45. The summed E-state index contributed by atoms with van der Waals surface area (Å²) >= 11 is 0. The van der Waals surface area contributed by atoms with E-state index in [4.69, 9.17) is 221 Å². The van der Waals surface area contributed by atoms with Crippen molar-refractivity contribution in [1.82, 2.24) is 30.0 Å². The number of benzene rings is 2. The van der Waals surface area contributed by atoms with Crippen LogP contribution in [-0.2, 0) is 17.6 Å². The van der Waals surface area contributed by atoms with Crippen molar-refractivity contribution in [3.05, 3.63) is 119 Å². The maximum absolute atomic E-state index is 12.6. The Kier molecular flexibility index (Phi) is 42.9. The van der Waals surface area contributed by atoms with Crippen molar-refractivity contribution in [2.45, 2.75) is 105 Å². The minimum atomic E-state index is -1.44. The Morgan fingerprint density at radius 3 is 0.992 bits per heavy atom. The summed E-state index contributed by atoms with van der Waals surface area (Å²) in [6.07, 6.45) is -13.5. The summed E-state index contributed by atoms with van der Waals surface area (Å²) in [6.45, 7) is 20.1. The first-order chi connectivity index (χ1) is 55.8. The highest BCUT2D eigenvalue weighted by Gasteiger charge is 2.61. The third kappa shape index (κ3) is 27.7. The normalized spacial score (nSPS) is 15.4.